The largest absolute Gasteiger partial charge is 0.493 e. The molecule has 110 valence electrons. The quantitative estimate of drug-likeness (QED) is 0.901. The SMILES string of the molecule is CCN1CCCC(O)(c2cccc3c2OCCC3)CC1. The lowest BCUT2D eigenvalue weighted by molar-refractivity contribution is 0.0181. The number of fused-ring (bicyclic) bond motifs is 1. The highest BCUT2D eigenvalue weighted by atomic mass is 16.5. The monoisotopic (exact) mass is 275 g/mol. The van der Waals surface area contributed by atoms with Crippen LogP contribution in [0.15, 0.2) is 18.2 Å². The zero-order chi connectivity index (χ0) is 14.0. The van der Waals surface area contributed by atoms with Crippen LogP contribution in [0.4, 0.5) is 0 Å². The molecule has 2 heterocycles. The van der Waals surface area contributed by atoms with Gasteiger partial charge in [-0.05, 0) is 50.8 Å². The van der Waals surface area contributed by atoms with Crippen molar-refractivity contribution in [1.29, 1.82) is 0 Å². The Bertz CT molecular complexity index is 474. The highest BCUT2D eigenvalue weighted by molar-refractivity contribution is 5.46. The van der Waals surface area contributed by atoms with Crippen LogP contribution in [0.3, 0.4) is 0 Å². The molecule has 3 rings (SSSR count). The van der Waals surface area contributed by atoms with Crippen LogP contribution in [0.2, 0.25) is 0 Å². The second-order valence-corrected chi connectivity index (χ2v) is 6.07. The second-order valence-electron chi connectivity index (χ2n) is 6.07. The average molecular weight is 275 g/mol. The summed E-state index contributed by atoms with van der Waals surface area (Å²) in [6, 6.07) is 6.27. The third-order valence-corrected chi connectivity index (χ3v) is 4.79. The standard InChI is InChI=1S/C17H25NO2/c1-2-18-11-5-9-17(19,10-12-18)15-8-3-6-14-7-4-13-20-16(14)15/h3,6,8,19H,2,4-5,7,9-13H2,1H3. The Morgan fingerprint density at radius 1 is 1.25 bits per heavy atom. The van der Waals surface area contributed by atoms with Crippen molar-refractivity contribution in [2.75, 3.05) is 26.2 Å². The summed E-state index contributed by atoms with van der Waals surface area (Å²) < 4.78 is 5.89. The van der Waals surface area contributed by atoms with Gasteiger partial charge in [-0.2, -0.15) is 0 Å². The van der Waals surface area contributed by atoms with Crippen molar-refractivity contribution >= 4 is 0 Å². The van der Waals surface area contributed by atoms with E-state index in [0.29, 0.717) is 0 Å². The molecule has 1 aromatic rings. The summed E-state index contributed by atoms with van der Waals surface area (Å²) >= 11 is 0. The molecule has 0 saturated carbocycles. The third kappa shape index (κ3) is 2.57. The van der Waals surface area contributed by atoms with E-state index < -0.39 is 5.60 Å². The molecule has 1 unspecified atom stereocenters. The number of aryl methyl sites for hydroxylation is 1. The number of benzene rings is 1. The first-order chi connectivity index (χ1) is 9.73. The molecule has 0 amide bonds. The number of hydrogen-bond acceptors (Lipinski definition) is 3. The molecule has 0 aromatic heterocycles. The Hall–Kier alpha value is -1.06. The predicted octanol–water partition coefficient (Wildman–Crippen LogP) is 2.71. The van der Waals surface area contributed by atoms with E-state index in [1.165, 1.54) is 5.56 Å². The van der Waals surface area contributed by atoms with E-state index in [1.54, 1.807) is 0 Å². The van der Waals surface area contributed by atoms with Crippen molar-refractivity contribution in [2.45, 2.75) is 44.6 Å². The Kier molecular flexibility index (Phi) is 3.99. The molecule has 1 aromatic carbocycles. The minimum absolute atomic E-state index is 0.716. The van der Waals surface area contributed by atoms with E-state index in [0.717, 1.165) is 69.7 Å². The zero-order valence-corrected chi connectivity index (χ0v) is 12.4. The van der Waals surface area contributed by atoms with Crippen molar-refractivity contribution in [1.82, 2.24) is 4.90 Å². The van der Waals surface area contributed by atoms with E-state index in [-0.39, 0.29) is 0 Å². The first-order valence-corrected chi connectivity index (χ1v) is 7.93. The number of para-hydroxylation sites is 1. The van der Waals surface area contributed by atoms with Crippen LogP contribution in [0, 0.1) is 0 Å². The Labute approximate surface area is 121 Å². The van der Waals surface area contributed by atoms with Gasteiger partial charge in [0.1, 0.15) is 5.75 Å². The van der Waals surface area contributed by atoms with Crippen molar-refractivity contribution in [2.24, 2.45) is 0 Å². The number of likely N-dealkylation sites (tertiary alicyclic amines) is 1. The summed E-state index contributed by atoms with van der Waals surface area (Å²) in [4.78, 5) is 2.42. The summed E-state index contributed by atoms with van der Waals surface area (Å²) in [6.07, 6.45) is 4.84. The van der Waals surface area contributed by atoms with E-state index in [1.807, 2.05) is 0 Å². The summed E-state index contributed by atoms with van der Waals surface area (Å²) in [5.41, 5.74) is 1.57. The molecule has 0 spiro atoms. The molecule has 1 saturated heterocycles. The highest BCUT2D eigenvalue weighted by Gasteiger charge is 2.35. The molecular formula is C17H25NO2. The third-order valence-electron chi connectivity index (χ3n) is 4.79. The number of ether oxygens (including phenoxy) is 1. The van der Waals surface area contributed by atoms with Gasteiger partial charge in [0.2, 0.25) is 0 Å². The van der Waals surface area contributed by atoms with E-state index in [4.69, 9.17) is 4.74 Å². The van der Waals surface area contributed by atoms with Crippen molar-refractivity contribution < 1.29 is 9.84 Å². The second kappa shape index (κ2) is 5.74. The lowest BCUT2D eigenvalue weighted by Gasteiger charge is -2.31. The van der Waals surface area contributed by atoms with Gasteiger partial charge >= 0.3 is 0 Å². The predicted molar refractivity (Wildman–Crippen MR) is 80.1 cm³/mol. The van der Waals surface area contributed by atoms with Crippen molar-refractivity contribution in [3.8, 4) is 5.75 Å². The van der Waals surface area contributed by atoms with Gasteiger partial charge in [-0.25, -0.2) is 0 Å². The van der Waals surface area contributed by atoms with Gasteiger partial charge in [-0.1, -0.05) is 25.1 Å². The minimum Gasteiger partial charge on any atom is -0.493 e. The minimum atomic E-state index is -0.716. The maximum Gasteiger partial charge on any atom is 0.128 e. The summed E-state index contributed by atoms with van der Waals surface area (Å²) in [7, 11) is 0. The van der Waals surface area contributed by atoms with Crippen LogP contribution in [0.5, 0.6) is 5.75 Å². The van der Waals surface area contributed by atoms with Gasteiger partial charge in [0, 0.05) is 12.1 Å². The maximum atomic E-state index is 11.2. The molecule has 2 aliphatic heterocycles. The van der Waals surface area contributed by atoms with Crippen molar-refractivity contribution in [3.05, 3.63) is 29.3 Å². The average Bonchev–Trinajstić information content (AvgIpc) is 2.69. The smallest absolute Gasteiger partial charge is 0.128 e. The lowest BCUT2D eigenvalue weighted by atomic mass is 9.84. The molecule has 3 nitrogen and oxygen atoms in total. The highest BCUT2D eigenvalue weighted by Crippen LogP contribution is 2.41. The Balaban J connectivity index is 1.91. The van der Waals surface area contributed by atoms with Crippen LogP contribution in [-0.4, -0.2) is 36.2 Å². The van der Waals surface area contributed by atoms with Gasteiger partial charge in [-0.3, -0.25) is 0 Å². The molecule has 1 fully saturated rings. The van der Waals surface area contributed by atoms with Gasteiger partial charge in [0.05, 0.1) is 12.2 Å². The maximum absolute atomic E-state index is 11.2. The summed E-state index contributed by atoms with van der Waals surface area (Å²) in [5.74, 6) is 0.964. The fourth-order valence-electron chi connectivity index (χ4n) is 3.52. The topological polar surface area (TPSA) is 32.7 Å². The van der Waals surface area contributed by atoms with E-state index >= 15 is 0 Å². The van der Waals surface area contributed by atoms with Crippen molar-refractivity contribution in [3.63, 3.8) is 0 Å². The molecule has 1 N–H and O–H groups in total. The first kappa shape index (κ1) is 13.9. The molecule has 0 aliphatic carbocycles. The van der Waals surface area contributed by atoms with Gasteiger partial charge in [-0.15, -0.1) is 0 Å². The van der Waals surface area contributed by atoms with E-state index in [2.05, 4.69) is 30.0 Å². The van der Waals surface area contributed by atoms with Crippen LogP contribution in [0.1, 0.15) is 43.7 Å². The first-order valence-electron chi connectivity index (χ1n) is 7.93. The van der Waals surface area contributed by atoms with Crippen LogP contribution < -0.4 is 4.74 Å². The molecule has 0 radical (unpaired) electrons. The van der Waals surface area contributed by atoms with Gasteiger partial charge in [0.25, 0.3) is 0 Å². The molecule has 2 aliphatic rings. The number of hydrogen-bond donors (Lipinski definition) is 1. The zero-order valence-electron chi connectivity index (χ0n) is 12.4. The van der Waals surface area contributed by atoms with Crippen LogP contribution in [0.25, 0.3) is 0 Å². The number of aliphatic hydroxyl groups is 1. The van der Waals surface area contributed by atoms with Gasteiger partial charge in [0.15, 0.2) is 0 Å². The lowest BCUT2D eigenvalue weighted by Crippen LogP contribution is -2.30. The van der Waals surface area contributed by atoms with Crippen LogP contribution >= 0.6 is 0 Å². The molecule has 1 atom stereocenters. The number of rotatable bonds is 2. The van der Waals surface area contributed by atoms with Crippen LogP contribution in [-0.2, 0) is 12.0 Å². The fraction of sp³-hybridized carbons (Fsp3) is 0.647. The molecule has 20 heavy (non-hydrogen) atoms. The molecule has 0 bridgehead atoms. The summed E-state index contributed by atoms with van der Waals surface area (Å²) in [6.45, 7) is 6.10. The van der Waals surface area contributed by atoms with Gasteiger partial charge < -0.3 is 14.7 Å². The van der Waals surface area contributed by atoms with E-state index in [9.17, 15) is 5.11 Å². The Morgan fingerprint density at radius 3 is 3.00 bits per heavy atom. The normalized spacial score (nSPS) is 27.5. The molecular weight excluding hydrogens is 250 g/mol. The number of nitrogens with zero attached hydrogens (tertiary/aromatic N) is 1. The Morgan fingerprint density at radius 2 is 2.15 bits per heavy atom. The molecule has 3 heteroatoms. The summed E-state index contributed by atoms with van der Waals surface area (Å²) in [5, 5.41) is 11.2. The fourth-order valence-corrected chi connectivity index (χ4v) is 3.52.